The van der Waals surface area contributed by atoms with Crippen LogP contribution in [0.3, 0.4) is 0 Å². The van der Waals surface area contributed by atoms with Gasteiger partial charge in [0.05, 0.1) is 12.1 Å². The van der Waals surface area contributed by atoms with E-state index in [1.807, 2.05) is 44.2 Å². The number of anilines is 3. The zero-order valence-electron chi connectivity index (χ0n) is 17.1. The predicted molar refractivity (Wildman–Crippen MR) is 117 cm³/mol. The number of nitrogens with one attached hydrogen (secondary N) is 2. The minimum atomic E-state index is -0.387. The summed E-state index contributed by atoms with van der Waals surface area (Å²) >= 11 is 0. The molecule has 0 aliphatic rings. The molecule has 0 aliphatic heterocycles. The van der Waals surface area contributed by atoms with Crippen LogP contribution in [0.4, 0.5) is 21.6 Å². The average molecular weight is 416 g/mol. The Bertz CT molecular complexity index is 1200. The summed E-state index contributed by atoms with van der Waals surface area (Å²) in [4.78, 5) is 12.2. The molecule has 0 unspecified atom stereocenters. The van der Waals surface area contributed by atoms with Crippen LogP contribution in [-0.2, 0) is 11.2 Å². The van der Waals surface area contributed by atoms with Crippen LogP contribution in [0.2, 0.25) is 0 Å². The highest BCUT2D eigenvalue weighted by Gasteiger charge is 2.09. The number of hydrogen-bond acceptors (Lipinski definition) is 5. The molecule has 0 radical (unpaired) electrons. The second kappa shape index (κ2) is 8.74. The van der Waals surface area contributed by atoms with Gasteiger partial charge in [-0.2, -0.15) is 5.10 Å². The van der Waals surface area contributed by atoms with Crippen molar-refractivity contribution in [1.29, 1.82) is 0 Å². The molecule has 156 valence electrons. The first kappa shape index (κ1) is 20.2. The molecule has 4 rings (SSSR count). The molecule has 8 heteroatoms. The number of carbonyl (C=O) groups is 1. The molecule has 1 amide bonds. The maximum Gasteiger partial charge on any atom is 0.228 e. The molecule has 2 heterocycles. The first-order valence-corrected chi connectivity index (χ1v) is 9.75. The van der Waals surface area contributed by atoms with Gasteiger partial charge in [0.25, 0.3) is 0 Å². The van der Waals surface area contributed by atoms with Gasteiger partial charge < -0.3 is 10.6 Å². The van der Waals surface area contributed by atoms with Crippen molar-refractivity contribution < 1.29 is 9.18 Å². The molecule has 2 aromatic heterocycles. The quantitative estimate of drug-likeness (QED) is 0.488. The summed E-state index contributed by atoms with van der Waals surface area (Å²) in [6, 6.07) is 19.0. The van der Waals surface area contributed by atoms with E-state index in [-0.39, 0.29) is 18.1 Å². The van der Waals surface area contributed by atoms with Crippen molar-refractivity contribution in [2.45, 2.75) is 20.3 Å². The topological polar surface area (TPSA) is 84.7 Å². The average Bonchev–Trinajstić information content (AvgIpc) is 3.10. The van der Waals surface area contributed by atoms with E-state index in [1.54, 1.807) is 35.0 Å². The van der Waals surface area contributed by atoms with E-state index in [9.17, 15) is 9.18 Å². The van der Waals surface area contributed by atoms with E-state index in [0.29, 0.717) is 22.9 Å². The summed E-state index contributed by atoms with van der Waals surface area (Å²) in [5.41, 5.74) is 3.68. The molecule has 31 heavy (non-hydrogen) atoms. The molecule has 0 saturated heterocycles. The fraction of sp³-hybridized carbons (Fsp3) is 0.130. The molecule has 0 atom stereocenters. The van der Waals surface area contributed by atoms with Gasteiger partial charge in [-0.05, 0) is 67.9 Å². The van der Waals surface area contributed by atoms with Crippen LogP contribution in [0, 0.1) is 19.7 Å². The molecule has 4 aromatic rings. The van der Waals surface area contributed by atoms with Crippen molar-refractivity contribution in [2.24, 2.45) is 0 Å². The molecule has 0 bridgehead atoms. The lowest BCUT2D eigenvalue weighted by Crippen LogP contribution is -2.15. The Labute approximate surface area is 179 Å². The smallest absolute Gasteiger partial charge is 0.228 e. The molecule has 7 nitrogen and oxygen atoms in total. The van der Waals surface area contributed by atoms with Crippen molar-refractivity contribution in [3.05, 3.63) is 89.5 Å². The van der Waals surface area contributed by atoms with E-state index in [4.69, 9.17) is 0 Å². The lowest BCUT2D eigenvalue weighted by molar-refractivity contribution is -0.115. The first-order valence-electron chi connectivity index (χ1n) is 9.75. The highest BCUT2D eigenvalue weighted by atomic mass is 19.1. The fourth-order valence-corrected chi connectivity index (χ4v) is 3.17. The first-order chi connectivity index (χ1) is 15.0. The van der Waals surface area contributed by atoms with Crippen molar-refractivity contribution in [1.82, 2.24) is 20.0 Å². The molecule has 2 N–H and O–H groups in total. The fourth-order valence-electron chi connectivity index (χ4n) is 3.17. The molecule has 0 fully saturated rings. The van der Waals surface area contributed by atoms with Crippen LogP contribution >= 0.6 is 0 Å². The van der Waals surface area contributed by atoms with Gasteiger partial charge in [0.1, 0.15) is 5.82 Å². The third kappa shape index (κ3) is 4.92. The summed E-state index contributed by atoms with van der Waals surface area (Å²) in [5, 5.41) is 18.8. The van der Waals surface area contributed by atoms with Gasteiger partial charge in [-0.1, -0.05) is 18.2 Å². The number of carbonyl (C=O) groups excluding carboxylic acids is 1. The van der Waals surface area contributed by atoms with Gasteiger partial charge >= 0.3 is 0 Å². The lowest BCUT2D eigenvalue weighted by Gasteiger charge is -2.09. The summed E-state index contributed by atoms with van der Waals surface area (Å²) in [5.74, 6) is 0.560. The van der Waals surface area contributed by atoms with Crippen molar-refractivity contribution in [2.75, 3.05) is 10.6 Å². The number of nitrogens with zero attached hydrogens (tertiary/aromatic N) is 4. The van der Waals surface area contributed by atoms with Crippen LogP contribution in [-0.4, -0.2) is 25.9 Å². The third-order valence-corrected chi connectivity index (χ3v) is 4.63. The number of hydrogen-bond donors (Lipinski definition) is 2. The molecule has 0 saturated carbocycles. The molecular weight excluding hydrogens is 395 g/mol. The van der Waals surface area contributed by atoms with E-state index >= 15 is 0 Å². The largest absolute Gasteiger partial charge is 0.339 e. The van der Waals surface area contributed by atoms with Crippen molar-refractivity contribution in [3.8, 4) is 5.82 Å². The Morgan fingerprint density at radius 2 is 1.71 bits per heavy atom. The number of benzene rings is 2. The summed E-state index contributed by atoms with van der Waals surface area (Å²) in [6.45, 7) is 3.89. The Kier molecular flexibility index (Phi) is 5.70. The predicted octanol–water partition coefficient (Wildman–Crippen LogP) is 4.34. The summed E-state index contributed by atoms with van der Waals surface area (Å²) < 4.78 is 15.4. The van der Waals surface area contributed by atoms with E-state index in [1.165, 1.54) is 6.07 Å². The van der Waals surface area contributed by atoms with E-state index in [0.717, 1.165) is 17.1 Å². The standard InChI is InChI=1S/C23H21FN6O/c1-15-13-16(2)30(29-15)22-12-11-21(27-28-22)25-18-7-9-19(10-8-18)26-23(31)14-17-5-3-4-6-20(17)24/h3-13H,14H2,1-2H3,(H,25,27)(H,26,31). The number of halogens is 1. The van der Waals surface area contributed by atoms with Gasteiger partial charge in [0.15, 0.2) is 11.6 Å². The van der Waals surface area contributed by atoms with Crippen LogP contribution in [0.25, 0.3) is 5.82 Å². The second-order valence-corrected chi connectivity index (χ2v) is 7.13. The Hall–Kier alpha value is -4.07. The Morgan fingerprint density at radius 3 is 2.35 bits per heavy atom. The van der Waals surface area contributed by atoms with Gasteiger partial charge in [-0.3, -0.25) is 4.79 Å². The highest BCUT2D eigenvalue weighted by molar-refractivity contribution is 5.92. The third-order valence-electron chi connectivity index (χ3n) is 4.63. The summed E-state index contributed by atoms with van der Waals surface area (Å²) in [7, 11) is 0. The number of aryl methyl sites for hydroxylation is 2. The zero-order chi connectivity index (χ0) is 21.8. The molecular formula is C23H21FN6O. The van der Waals surface area contributed by atoms with Crippen molar-refractivity contribution >= 4 is 23.1 Å². The normalized spacial score (nSPS) is 10.7. The number of aromatic nitrogens is 4. The number of amides is 1. The minimum absolute atomic E-state index is 0.0239. The zero-order valence-corrected chi connectivity index (χ0v) is 17.1. The lowest BCUT2D eigenvalue weighted by atomic mass is 10.1. The summed E-state index contributed by atoms with van der Waals surface area (Å²) in [6.07, 6.45) is -0.0239. The molecule has 2 aromatic carbocycles. The molecule has 0 aliphatic carbocycles. The Balaban J connectivity index is 1.36. The van der Waals surface area contributed by atoms with Crippen LogP contribution in [0.15, 0.2) is 66.7 Å². The van der Waals surface area contributed by atoms with Gasteiger partial charge in [-0.25, -0.2) is 9.07 Å². The van der Waals surface area contributed by atoms with Gasteiger partial charge in [-0.15, -0.1) is 10.2 Å². The van der Waals surface area contributed by atoms with E-state index in [2.05, 4.69) is 25.9 Å². The van der Waals surface area contributed by atoms with E-state index < -0.39 is 0 Å². The van der Waals surface area contributed by atoms with Crippen LogP contribution < -0.4 is 10.6 Å². The second-order valence-electron chi connectivity index (χ2n) is 7.13. The van der Waals surface area contributed by atoms with Crippen LogP contribution in [0.1, 0.15) is 17.0 Å². The van der Waals surface area contributed by atoms with Gasteiger partial charge in [0.2, 0.25) is 5.91 Å². The maximum absolute atomic E-state index is 13.7. The van der Waals surface area contributed by atoms with Crippen LogP contribution in [0.5, 0.6) is 0 Å². The Morgan fingerprint density at radius 1 is 0.968 bits per heavy atom. The monoisotopic (exact) mass is 416 g/mol. The minimum Gasteiger partial charge on any atom is -0.339 e. The highest BCUT2D eigenvalue weighted by Crippen LogP contribution is 2.19. The van der Waals surface area contributed by atoms with Gasteiger partial charge in [0, 0.05) is 17.1 Å². The SMILES string of the molecule is Cc1cc(C)n(-c2ccc(Nc3ccc(NC(=O)Cc4ccccc4F)cc3)nn2)n1. The number of rotatable bonds is 6. The molecule has 0 spiro atoms. The van der Waals surface area contributed by atoms with Crippen molar-refractivity contribution in [3.63, 3.8) is 0 Å². The maximum atomic E-state index is 13.7.